The molecule has 3 rings (SSSR count). The van der Waals surface area contributed by atoms with Crippen molar-refractivity contribution in [1.82, 2.24) is 5.32 Å². The summed E-state index contributed by atoms with van der Waals surface area (Å²) < 4.78 is 0. The first-order valence-corrected chi connectivity index (χ1v) is 8.42. The van der Waals surface area contributed by atoms with E-state index in [1.165, 1.54) is 5.39 Å². The molecule has 132 valence electrons. The van der Waals surface area contributed by atoms with E-state index in [0.717, 1.165) is 16.5 Å². The highest BCUT2D eigenvalue weighted by Crippen LogP contribution is 2.20. The van der Waals surface area contributed by atoms with Gasteiger partial charge in [0.15, 0.2) is 12.4 Å². The van der Waals surface area contributed by atoms with E-state index in [0.29, 0.717) is 0 Å². The molecule has 5 nitrogen and oxygen atoms in total. The van der Waals surface area contributed by atoms with Crippen LogP contribution in [0, 0.1) is 0 Å². The van der Waals surface area contributed by atoms with Crippen LogP contribution in [0.4, 0.5) is 0 Å². The number of carbonyl (C=O) groups excluding carboxylic acids is 1. The van der Waals surface area contributed by atoms with Gasteiger partial charge in [0, 0.05) is 5.56 Å². The minimum atomic E-state index is -0.254. The molecule has 0 radical (unpaired) electrons. The van der Waals surface area contributed by atoms with Gasteiger partial charge in [0.05, 0.1) is 6.04 Å². The average molecular weight is 347 g/mol. The van der Waals surface area contributed by atoms with E-state index in [4.69, 9.17) is 10.6 Å². The van der Waals surface area contributed by atoms with Crippen LogP contribution < -0.4 is 11.1 Å². The van der Waals surface area contributed by atoms with Crippen molar-refractivity contribution >= 4 is 22.5 Å². The lowest BCUT2D eigenvalue weighted by molar-refractivity contribution is -0.126. The Hall–Kier alpha value is -3.34. The predicted octanol–water partition coefficient (Wildman–Crippen LogP) is 3.35. The van der Waals surface area contributed by atoms with Crippen LogP contribution in [0.15, 0.2) is 78.0 Å². The van der Waals surface area contributed by atoms with E-state index in [9.17, 15) is 4.79 Å². The van der Waals surface area contributed by atoms with Crippen LogP contribution in [0.25, 0.3) is 10.8 Å². The Morgan fingerprint density at radius 1 is 1.04 bits per heavy atom. The van der Waals surface area contributed by atoms with Gasteiger partial charge in [-0.1, -0.05) is 71.9 Å². The first kappa shape index (κ1) is 17.5. The van der Waals surface area contributed by atoms with Gasteiger partial charge in [0.2, 0.25) is 0 Å². The van der Waals surface area contributed by atoms with Crippen molar-refractivity contribution < 1.29 is 9.63 Å². The van der Waals surface area contributed by atoms with E-state index in [1.807, 2.05) is 55.5 Å². The summed E-state index contributed by atoms with van der Waals surface area (Å²) >= 11 is 0. The zero-order valence-corrected chi connectivity index (χ0v) is 14.6. The maximum atomic E-state index is 12.1. The maximum Gasteiger partial charge on any atom is 0.261 e. The lowest BCUT2D eigenvalue weighted by atomic mass is 10.0. The van der Waals surface area contributed by atoms with Crippen molar-refractivity contribution in [3.05, 3.63) is 83.9 Å². The summed E-state index contributed by atoms with van der Waals surface area (Å²) in [5.74, 6) is -0.0174. The molecule has 1 atom stereocenters. The third kappa shape index (κ3) is 4.39. The number of oxime groups is 1. The Morgan fingerprint density at radius 3 is 2.50 bits per heavy atom. The fourth-order valence-electron chi connectivity index (χ4n) is 2.67. The van der Waals surface area contributed by atoms with Crippen molar-refractivity contribution in [2.24, 2.45) is 10.9 Å². The molecule has 0 saturated carbocycles. The number of carbonyl (C=O) groups is 1. The van der Waals surface area contributed by atoms with Crippen molar-refractivity contribution in [3.8, 4) is 0 Å². The van der Waals surface area contributed by atoms with Gasteiger partial charge in [-0.2, -0.15) is 0 Å². The molecule has 0 aliphatic heterocycles. The van der Waals surface area contributed by atoms with Crippen LogP contribution in [0.5, 0.6) is 0 Å². The third-order valence-corrected chi connectivity index (χ3v) is 4.08. The van der Waals surface area contributed by atoms with E-state index in [1.54, 1.807) is 0 Å². The van der Waals surface area contributed by atoms with Crippen LogP contribution in [0.1, 0.15) is 24.1 Å². The quantitative estimate of drug-likeness (QED) is 0.408. The number of amides is 1. The Labute approximate surface area is 152 Å². The molecule has 3 N–H and O–H groups in total. The molecule has 0 aromatic heterocycles. The van der Waals surface area contributed by atoms with Gasteiger partial charge in [0.1, 0.15) is 0 Å². The van der Waals surface area contributed by atoms with Gasteiger partial charge in [-0.25, -0.2) is 0 Å². The van der Waals surface area contributed by atoms with E-state index in [2.05, 4.69) is 34.7 Å². The Morgan fingerprint density at radius 2 is 1.73 bits per heavy atom. The number of rotatable bonds is 6. The molecule has 0 saturated heterocycles. The SMILES string of the molecule is C[C@H](NC(=O)CO/N=C(/N)c1ccccc1)c1ccc2ccccc2c1. The van der Waals surface area contributed by atoms with Crippen molar-refractivity contribution in [3.63, 3.8) is 0 Å². The molecule has 0 aliphatic rings. The second-order valence-corrected chi connectivity index (χ2v) is 6.01. The minimum Gasteiger partial charge on any atom is -0.384 e. The number of hydrogen-bond acceptors (Lipinski definition) is 3. The number of hydrogen-bond donors (Lipinski definition) is 2. The van der Waals surface area contributed by atoms with E-state index >= 15 is 0 Å². The summed E-state index contributed by atoms with van der Waals surface area (Å²) in [6.07, 6.45) is 0. The second-order valence-electron chi connectivity index (χ2n) is 6.01. The van der Waals surface area contributed by atoms with Gasteiger partial charge < -0.3 is 15.9 Å². The zero-order valence-electron chi connectivity index (χ0n) is 14.6. The first-order chi connectivity index (χ1) is 12.6. The van der Waals surface area contributed by atoms with Gasteiger partial charge >= 0.3 is 0 Å². The molecule has 0 heterocycles. The largest absolute Gasteiger partial charge is 0.384 e. The lowest BCUT2D eigenvalue weighted by Gasteiger charge is -2.14. The highest BCUT2D eigenvalue weighted by molar-refractivity contribution is 5.97. The fourth-order valence-corrected chi connectivity index (χ4v) is 2.67. The molecular formula is C21H21N3O2. The van der Waals surface area contributed by atoms with Gasteiger partial charge in [-0.3, -0.25) is 4.79 Å². The molecule has 3 aromatic carbocycles. The standard InChI is InChI=1S/C21H21N3O2/c1-15(18-12-11-16-7-5-6-10-19(16)13-18)23-20(25)14-26-24-21(22)17-8-3-2-4-9-17/h2-13,15H,14H2,1H3,(H2,22,24)(H,23,25)/t15-/m0/s1. The van der Waals surface area contributed by atoms with Gasteiger partial charge in [0.25, 0.3) is 5.91 Å². The number of nitrogens with zero attached hydrogens (tertiary/aromatic N) is 1. The summed E-state index contributed by atoms with van der Waals surface area (Å²) in [6.45, 7) is 1.75. The summed E-state index contributed by atoms with van der Waals surface area (Å²) in [5.41, 5.74) is 7.60. The molecule has 3 aromatic rings. The molecule has 0 unspecified atom stereocenters. The maximum absolute atomic E-state index is 12.1. The third-order valence-electron chi connectivity index (χ3n) is 4.08. The predicted molar refractivity (Wildman–Crippen MR) is 104 cm³/mol. The van der Waals surface area contributed by atoms with Crippen molar-refractivity contribution in [2.75, 3.05) is 6.61 Å². The Kier molecular flexibility index (Phi) is 5.49. The number of nitrogens with one attached hydrogen (secondary N) is 1. The molecule has 0 fully saturated rings. The van der Waals surface area contributed by atoms with Gasteiger partial charge in [-0.15, -0.1) is 0 Å². The molecule has 0 bridgehead atoms. The molecule has 0 aliphatic carbocycles. The molecular weight excluding hydrogens is 326 g/mol. The highest BCUT2D eigenvalue weighted by Gasteiger charge is 2.10. The van der Waals surface area contributed by atoms with Crippen LogP contribution in [-0.4, -0.2) is 18.3 Å². The first-order valence-electron chi connectivity index (χ1n) is 8.42. The van der Waals surface area contributed by atoms with Gasteiger partial charge in [-0.05, 0) is 29.3 Å². The van der Waals surface area contributed by atoms with Crippen molar-refractivity contribution in [2.45, 2.75) is 13.0 Å². The van der Waals surface area contributed by atoms with Crippen LogP contribution in [0.3, 0.4) is 0 Å². The normalized spacial score (nSPS) is 12.6. The van der Waals surface area contributed by atoms with E-state index in [-0.39, 0.29) is 24.4 Å². The van der Waals surface area contributed by atoms with Crippen LogP contribution in [0.2, 0.25) is 0 Å². The molecule has 26 heavy (non-hydrogen) atoms. The van der Waals surface area contributed by atoms with Crippen molar-refractivity contribution in [1.29, 1.82) is 0 Å². The average Bonchev–Trinajstić information content (AvgIpc) is 2.68. The molecule has 1 amide bonds. The number of benzene rings is 3. The second kappa shape index (κ2) is 8.16. The van der Waals surface area contributed by atoms with Crippen LogP contribution in [-0.2, 0) is 9.63 Å². The Balaban J connectivity index is 1.55. The summed E-state index contributed by atoms with van der Waals surface area (Å²) in [5, 5.41) is 9.00. The summed E-state index contributed by atoms with van der Waals surface area (Å²) in [4.78, 5) is 17.1. The van der Waals surface area contributed by atoms with E-state index < -0.39 is 0 Å². The zero-order chi connectivity index (χ0) is 18.4. The fraction of sp³-hybridized carbons (Fsp3) is 0.143. The lowest BCUT2D eigenvalue weighted by Crippen LogP contribution is -2.30. The summed E-state index contributed by atoms with van der Waals surface area (Å²) in [7, 11) is 0. The topological polar surface area (TPSA) is 76.7 Å². The monoisotopic (exact) mass is 347 g/mol. The minimum absolute atomic E-state index is 0.133. The number of fused-ring (bicyclic) bond motifs is 1. The molecule has 0 spiro atoms. The molecule has 5 heteroatoms. The highest BCUT2D eigenvalue weighted by atomic mass is 16.6. The summed E-state index contributed by atoms with van der Waals surface area (Å²) in [6, 6.07) is 23.4. The smallest absolute Gasteiger partial charge is 0.261 e. The number of amidine groups is 1. The van der Waals surface area contributed by atoms with Crippen LogP contribution >= 0.6 is 0 Å². The number of nitrogens with two attached hydrogens (primary N) is 1. The Bertz CT molecular complexity index is 923.